The number of nitrogen functional groups attached to an aromatic ring is 1. The number of carbonyl (C=O) groups excluding carboxylic acids is 2. The minimum atomic E-state index is -0.376. The van der Waals surface area contributed by atoms with Gasteiger partial charge in [0.1, 0.15) is 47.3 Å². The van der Waals surface area contributed by atoms with Crippen molar-refractivity contribution in [3.8, 4) is 45.5 Å². The van der Waals surface area contributed by atoms with Gasteiger partial charge in [-0.25, -0.2) is 28.7 Å². The third-order valence-electron chi connectivity index (χ3n) is 7.97. The summed E-state index contributed by atoms with van der Waals surface area (Å²) in [7, 11) is 6.12. The molecule has 1 amide bonds. The Balaban J connectivity index is 0.000000232. The molecular formula is C42H41ClF2N6O6. The fraction of sp³-hybridized carbons (Fsp3) is 0.190. The van der Waals surface area contributed by atoms with Crippen LogP contribution in [0.4, 0.5) is 20.2 Å². The Bertz CT molecular complexity index is 2330. The molecule has 0 saturated heterocycles. The lowest BCUT2D eigenvalue weighted by molar-refractivity contribution is -0.114. The Morgan fingerprint density at radius 3 is 1.47 bits per heavy atom. The van der Waals surface area contributed by atoms with Gasteiger partial charge in [0.15, 0.2) is 0 Å². The molecule has 6 rings (SSSR count). The zero-order valence-electron chi connectivity index (χ0n) is 32.1. The Hall–Kier alpha value is -6.67. The number of nitrogens with zero attached hydrogens (tertiary/aromatic N) is 4. The lowest BCUT2D eigenvalue weighted by atomic mass is 10.1. The predicted octanol–water partition coefficient (Wildman–Crippen LogP) is 8.09. The van der Waals surface area contributed by atoms with E-state index in [0.29, 0.717) is 69.7 Å². The van der Waals surface area contributed by atoms with E-state index in [1.165, 1.54) is 65.0 Å². The summed E-state index contributed by atoms with van der Waals surface area (Å²) in [4.78, 5) is 37.8. The number of benzene rings is 4. The van der Waals surface area contributed by atoms with Crippen molar-refractivity contribution in [3.05, 3.63) is 132 Å². The van der Waals surface area contributed by atoms with E-state index in [-0.39, 0.29) is 22.8 Å². The number of nitrogens with one attached hydrogen (secondary N) is 1. The number of hydrogen-bond donors (Lipinski definition) is 2. The predicted molar refractivity (Wildman–Crippen MR) is 215 cm³/mol. The maximum absolute atomic E-state index is 13.5. The number of methoxy groups -OCH3 is 4. The second-order valence-electron chi connectivity index (χ2n) is 12.1. The Labute approximate surface area is 334 Å². The molecule has 2 aromatic heterocycles. The highest BCUT2D eigenvalue weighted by atomic mass is 35.5. The van der Waals surface area contributed by atoms with Crippen molar-refractivity contribution in [1.82, 2.24) is 19.9 Å². The molecule has 0 atom stereocenters. The summed E-state index contributed by atoms with van der Waals surface area (Å²) in [6.07, 6.45) is 4.06. The third-order valence-corrected chi connectivity index (χ3v) is 7.97. The summed E-state index contributed by atoms with van der Waals surface area (Å²) in [5.74, 6) is 1.15. The first-order chi connectivity index (χ1) is 27.3. The molecular weight excluding hydrogens is 758 g/mol. The second kappa shape index (κ2) is 20.9. The van der Waals surface area contributed by atoms with Gasteiger partial charge in [0.25, 0.3) is 0 Å². The number of amides is 1. The van der Waals surface area contributed by atoms with Gasteiger partial charge in [-0.05, 0) is 83.4 Å². The van der Waals surface area contributed by atoms with Crippen molar-refractivity contribution in [2.24, 2.45) is 0 Å². The second-order valence-corrected chi connectivity index (χ2v) is 12.6. The van der Waals surface area contributed by atoms with Crippen molar-refractivity contribution in [1.29, 1.82) is 0 Å². The molecule has 12 nitrogen and oxygen atoms in total. The first-order valence-corrected chi connectivity index (χ1v) is 17.5. The summed E-state index contributed by atoms with van der Waals surface area (Å²) in [5, 5.41) is 2.40. The quantitative estimate of drug-likeness (QED) is 0.0963. The van der Waals surface area contributed by atoms with Crippen molar-refractivity contribution < 1.29 is 37.3 Å². The molecule has 15 heteroatoms. The summed E-state index contributed by atoms with van der Waals surface area (Å²) >= 11 is 4.64. The Morgan fingerprint density at radius 2 is 1.05 bits per heavy atom. The average molecular weight is 799 g/mol. The highest BCUT2D eigenvalue weighted by Gasteiger charge is 2.13. The third kappa shape index (κ3) is 12.7. The van der Waals surface area contributed by atoms with Crippen LogP contribution < -0.4 is 30.0 Å². The standard InChI is InChI=1S/C21H20FN3O3.C19H18FN3O2.C2H3ClO/c1-13(26)25-19-9-14(4-7-20(19)27-2)8-16-11-18(24-12-23-16)17-6-5-15(22)10-21(17)28-3;1-24-18-6-3-12(8-16(18)21)7-14-10-17(23-11-22-14)15-5-4-13(20)9-19(15)25-2;1-2(3)4/h4-7,9-12H,8H2,1-3H3,(H,25,26);3-6,8-11H,7,21H2,1-2H3;1H3. The van der Waals surface area contributed by atoms with E-state index < -0.39 is 0 Å². The van der Waals surface area contributed by atoms with Gasteiger partial charge in [-0.15, -0.1) is 0 Å². The number of anilines is 2. The van der Waals surface area contributed by atoms with Crippen LogP contribution in [0.5, 0.6) is 23.0 Å². The number of rotatable bonds is 11. The molecule has 6 aromatic rings. The van der Waals surface area contributed by atoms with Gasteiger partial charge in [0.2, 0.25) is 11.1 Å². The number of carbonyl (C=O) groups is 2. The van der Waals surface area contributed by atoms with Crippen LogP contribution in [0.1, 0.15) is 36.4 Å². The fourth-order valence-corrected chi connectivity index (χ4v) is 5.50. The first kappa shape index (κ1) is 43.1. The zero-order chi connectivity index (χ0) is 41.5. The van der Waals surface area contributed by atoms with E-state index in [1.54, 1.807) is 32.4 Å². The van der Waals surface area contributed by atoms with E-state index in [0.717, 1.165) is 22.5 Å². The topological polar surface area (TPSA) is 161 Å². The molecule has 3 N–H and O–H groups in total. The normalized spacial score (nSPS) is 10.2. The molecule has 0 saturated carbocycles. The lowest BCUT2D eigenvalue weighted by Gasteiger charge is -2.12. The molecule has 4 aromatic carbocycles. The summed E-state index contributed by atoms with van der Waals surface area (Å²) < 4.78 is 47.8. The highest BCUT2D eigenvalue weighted by molar-refractivity contribution is 6.62. The van der Waals surface area contributed by atoms with Crippen LogP contribution >= 0.6 is 11.6 Å². The van der Waals surface area contributed by atoms with Crippen LogP contribution in [0.3, 0.4) is 0 Å². The molecule has 0 spiro atoms. The average Bonchev–Trinajstić information content (AvgIpc) is 3.18. The molecule has 0 radical (unpaired) electrons. The molecule has 0 aliphatic carbocycles. The Morgan fingerprint density at radius 1 is 0.614 bits per heavy atom. The lowest BCUT2D eigenvalue weighted by Crippen LogP contribution is -2.07. The van der Waals surface area contributed by atoms with Crippen molar-refractivity contribution in [3.63, 3.8) is 0 Å². The Kier molecular flexibility index (Phi) is 15.8. The van der Waals surface area contributed by atoms with Crippen LogP contribution in [-0.4, -0.2) is 59.5 Å². The minimum absolute atomic E-state index is 0.178. The van der Waals surface area contributed by atoms with Crippen LogP contribution in [0.25, 0.3) is 22.5 Å². The molecule has 0 bridgehead atoms. The van der Waals surface area contributed by atoms with Gasteiger partial charge in [-0.2, -0.15) is 0 Å². The summed E-state index contributed by atoms with van der Waals surface area (Å²) in [6.45, 7) is 2.74. The molecule has 0 aliphatic rings. The minimum Gasteiger partial charge on any atom is -0.496 e. The maximum atomic E-state index is 13.5. The van der Waals surface area contributed by atoms with E-state index in [4.69, 9.17) is 24.7 Å². The molecule has 296 valence electrons. The van der Waals surface area contributed by atoms with Gasteiger partial charge < -0.3 is 30.0 Å². The van der Waals surface area contributed by atoms with Crippen molar-refractivity contribution in [2.75, 3.05) is 39.5 Å². The van der Waals surface area contributed by atoms with E-state index in [9.17, 15) is 18.4 Å². The van der Waals surface area contributed by atoms with Gasteiger partial charge in [-0.1, -0.05) is 12.1 Å². The summed E-state index contributed by atoms with van der Waals surface area (Å²) in [6, 6.07) is 23.5. The zero-order valence-corrected chi connectivity index (χ0v) is 32.9. The smallest absolute Gasteiger partial charge is 0.221 e. The monoisotopic (exact) mass is 798 g/mol. The van der Waals surface area contributed by atoms with Crippen LogP contribution in [0.2, 0.25) is 0 Å². The number of halogens is 3. The van der Waals surface area contributed by atoms with Crippen LogP contribution in [0.15, 0.2) is 97.6 Å². The fourth-order valence-electron chi connectivity index (χ4n) is 5.50. The van der Waals surface area contributed by atoms with E-state index >= 15 is 0 Å². The maximum Gasteiger partial charge on any atom is 0.221 e. The SMILES string of the molecule is CC(=O)Cl.COc1ccc(Cc2cc(-c3ccc(F)cc3OC)ncn2)cc1N.COc1ccc(Cc2cc(-c3ccc(F)cc3OC)ncn2)cc1NC(C)=O. The van der Waals surface area contributed by atoms with Crippen molar-refractivity contribution >= 4 is 34.1 Å². The number of nitrogens with two attached hydrogens (primary N) is 1. The van der Waals surface area contributed by atoms with E-state index in [2.05, 4.69) is 36.9 Å². The molecule has 0 aliphatic heterocycles. The van der Waals surface area contributed by atoms with Crippen LogP contribution in [0, 0.1) is 11.6 Å². The van der Waals surface area contributed by atoms with E-state index in [1.807, 2.05) is 42.5 Å². The highest BCUT2D eigenvalue weighted by Crippen LogP contribution is 2.32. The molecule has 0 fully saturated rings. The largest absolute Gasteiger partial charge is 0.496 e. The van der Waals surface area contributed by atoms with Gasteiger partial charge >= 0.3 is 0 Å². The molecule has 2 heterocycles. The van der Waals surface area contributed by atoms with Gasteiger partial charge in [0.05, 0.1) is 51.2 Å². The van der Waals surface area contributed by atoms with Crippen molar-refractivity contribution in [2.45, 2.75) is 26.7 Å². The van der Waals surface area contributed by atoms with Crippen LogP contribution in [-0.2, 0) is 22.4 Å². The molecule has 57 heavy (non-hydrogen) atoms. The first-order valence-electron chi connectivity index (χ1n) is 17.2. The van der Waals surface area contributed by atoms with Gasteiger partial charge in [0, 0.05) is 61.3 Å². The summed E-state index contributed by atoms with van der Waals surface area (Å²) in [5.41, 5.74) is 13.4. The molecule has 0 unspecified atom stereocenters. The number of aromatic nitrogens is 4. The van der Waals surface area contributed by atoms with Gasteiger partial charge in [-0.3, -0.25) is 9.59 Å². The number of hydrogen-bond acceptors (Lipinski definition) is 11. The number of ether oxygens (including phenoxy) is 4.